The Morgan fingerprint density at radius 2 is 2.00 bits per heavy atom. The Bertz CT molecular complexity index is 623. The monoisotopic (exact) mass is 289 g/mol. The molecule has 0 saturated heterocycles. The lowest BCUT2D eigenvalue weighted by atomic mass is 9.68. The molecule has 0 amide bonds. The maximum atomic E-state index is 11.6. The van der Waals surface area contributed by atoms with Crippen LogP contribution in [0.3, 0.4) is 0 Å². The smallest absolute Gasteiger partial charge is 0.352 e. The summed E-state index contributed by atoms with van der Waals surface area (Å²) in [4.78, 5) is 23.2. The summed E-state index contributed by atoms with van der Waals surface area (Å²) in [6.07, 6.45) is 5.27. The summed E-state index contributed by atoms with van der Waals surface area (Å²) in [6, 6.07) is 1.67. The summed E-state index contributed by atoms with van der Waals surface area (Å²) in [6.45, 7) is 8.24. The van der Waals surface area contributed by atoms with Gasteiger partial charge in [-0.15, -0.1) is 0 Å². The van der Waals surface area contributed by atoms with Crippen LogP contribution in [0, 0.1) is 16.7 Å². The van der Waals surface area contributed by atoms with Crippen molar-refractivity contribution >= 4 is 11.8 Å². The standard InChI is InChI=1S/C17H23NO3/c1-10(19)11-7-13(14(20)21)18(9-11)15-16(2,3)12-5-6-17(15,4)8-12/h7,9,12,15H,5-6,8H2,1-4H3,(H,20,21). The normalized spacial score (nSPS) is 33.3. The van der Waals surface area contributed by atoms with Crippen molar-refractivity contribution in [1.82, 2.24) is 4.57 Å². The number of hydrogen-bond acceptors (Lipinski definition) is 2. The SMILES string of the molecule is CC(=O)c1cc(C(=O)O)n(C2C3(C)CCC(C3)C2(C)C)c1. The lowest BCUT2D eigenvalue weighted by Crippen LogP contribution is -2.38. The fourth-order valence-electron chi connectivity index (χ4n) is 5.03. The molecule has 2 aliphatic rings. The minimum absolute atomic E-state index is 0.0598. The molecule has 1 aromatic rings. The summed E-state index contributed by atoms with van der Waals surface area (Å²) in [5, 5.41) is 9.51. The number of hydrogen-bond donors (Lipinski definition) is 1. The molecular weight excluding hydrogens is 266 g/mol. The highest BCUT2D eigenvalue weighted by Gasteiger charge is 2.60. The maximum absolute atomic E-state index is 11.6. The van der Waals surface area contributed by atoms with Gasteiger partial charge < -0.3 is 9.67 Å². The molecule has 1 aromatic heterocycles. The molecule has 0 aliphatic heterocycles. The van der Waals surface area contributed by atoms with Gasteiger partial charge in [0.05, 0.1) is 0 Å². The Morgan fingerprint density at radius 3 is 2.48 bits per heavy atom. The fraction of sp³-hybridized carbons (Fsp3) is 0.647. The lowest BCUT2D eigenvalue weighted by Gasteiger charge is -2.44. The molecule has 2 fully saturated rings. The number of carboxylic acids is 1. The van der Waals surface area contributed by atoms with Crippen LogP contribution >= 0.6 is 0 Å². The van der Waals surface area contributed by atoms with E-state index in [2.05, 4.69) is 20.8 Å². The van der Waals surface area contributed by atoms with Crippen LogP contribution in [0.4, 0.5) is 0 Å². The highest BCUT2D eigenvalue weighted by molar-refractivity contribution is 5.97. The molecule has 1 heterocycles. The van der Waals surface area contributed by atoms with Gasteiger partial charge in [-0.25, -0.2) is 4.79 Å². The largest absolute Gasteiger partial charge is 0.477 e. The molecule has 3 atom stereocenters. The molecule has 2 saturated carbocycles. The van der Waals surface area contributed by atoms with Crippen LogP contribution in [-0.4, -0.2) is 21.4 Å². The predicted octanol–water partition coefficient (Wildman–Crippen LogP) is 3.78. The minimum atomic E-state index is -0.954. The van der Waals surface area contributed by atoms with E-state index in [-0.39, 0.29) is 28.3 Å². The summed E-state index contributed by atoms with van der Waals surface area (Å²) in [5.74, 6) is -0.399. The molecular formula is C17H23NO3. The first kappa shape index (κ1) is 14.4. The number of aromatic carboxylic acids is 1. The highest BCUT2D eigenvalue weighted by atomic mass is 16.4. The number of carboxylic acid groups (broad SMARTS) is 1. The van der Waals surface area contributed by atoms with Gasteiger partial charge in [-0.2, -0.15) is 0 Å². The van der Waals surface area contributed by atoms with Gasteiger partial charge in [-0.05, 0) is 49.0 Å². The third-order valence-corrected chi connectivity index (χ3v) is 5.95. The average Bonchev–Trinajstić information content (AvgIpc) is 2.97. The Morgan fingerprint density at radius 1 is 1.33 bits per heavy atom. The number of carbonyl (C=O) groups excluding carboxylic acids is 1. The molecule has 0 spiro atoms. The Balaban J connectivity index is 2.16. The van der Waals surface area contributed by atoms with Crippen molar-refractivity contribution in [3.63, 3.8) is 0 Å². The molecule has 3 rings (SSSR count). The van der Waals surface area contributed by atoms with Gasteiger partial charge in [0.1, 0.15) is 5.69 Å². The van der Waals surface area contributed by atoms with Crippen molar-refractivity contribution < 1.29 is 14.7 Å². The van der Waals surface area contributed by atoms with E-state index < -0.39 is 5.97 Å². The van der Waals surface area contributed by atoms with Gasteiger partial charge in [0, 0.05) is 17.8 Å². The molecule has 3 unspecified atom stereocenters. The van der Waals surface area contributed by atoms with E-state index in [0.29, 0.717) is 11.5 Å². The number of Topliss-reactive ketones (excluding diaryl/α,β-unsaturated/α-hetero) is 1. The van der Waals surface area contributed by atoms with Crippen LogP contribution < -0.4 is 0 Å². The quantitative estimate of drug-likeness (QED) is 0.861. The van der Waals surface area contributed by atoms with Crippen molar-refractivity contribution in [2.75, 3.05) is 0 Å². The second kappa shape index (κ2) is 4.21. The highest BCUT2D eigenvalue weighted by Crippen LogP contribution is 2.68. The molecule has 2 bridgehead atoms. The van der Waals surface area contributed by atoms with Gasteiger partial charge in [0.15, 0.2) is 5.78 Å². The van der Waals surface area contributed by atoms with Gasteiger partial charge in [0.2, 0.25) is 0 Å². The summed E-state index contributed by atoms with van der Waals surface area (Å²) < 4.78 is 1.87. The number of rotatable bonds is 3. The fourth-order valence-corrected chi connectivity index (χ4v) is 5.03. The van der Waals surface area contributed by atoms with Crippen LogP contribution in [0.25, 0.3) is 0 Å². The second-order valence-electron chi connectivity index (χ2n) is 7.70. The molecule has 4 heteroatoms. The van der Waals surface area contributed by atoms with Gasteiger partial charge in [0.25, 0.3) is 0 Å². The number of ketones is 1. The summed E-state index contributed by atoms with van der Waals surface area (Å²) in [5.41, 5.74) is 0.928. The van der Waals surface area contributed by atoms with Crippen LogP contribution in [-0.2, 0) is 0 Å². The van der Waals surface area contributed by atoms with Crippen molar-refractivity contribution in [3.05, 3.63) is 23.5 Å². The van der Waals surface area contributed by atoms with E-state index in [9.17, 15) is 14.7 Å². The summed E-state index contributed by atoms with van der Waals surface area (Å²) in [7, 11) is 0. The zero-order valence-electron chi connectivity index (χ0n) is 13.1. The van der Waals surface area contributed by atoms with E-state index in [1.54, 1.807) is 6.20 Å². The Kier molecular flexibility index (Phi) is 2.88. The van der Waals surface area contributed by atoms with Crippen molar-refractivity contribution in [2.45, 2.75) is 53.0 Å². The van der Waals surface area contributed by atoms with E-state index >= 15 is 0 Å². The zero-order chi connectivity index (χ0) is 15.6. The maximum Gasteiger partial charge on any atom is 0.352 e. The topological polar surface area (TPSA) is 59.3 Å². The lowest BCUT2D eigenvalue weighted by molar-refractivity contribution is 0.0611. The number of fused-ring (bicyclic) bond motifs is 2. The number of nitrogens with zero attached hydrogens (tertiary/aromatic N) is 1. The van der Waals surface area contributed by atoms with Gasteiger partial charge >= 0.3 is 5.97 Å². The van der Waals surface area contributed by atoms with E-state index in [1.165, 1.54) is 19.4 Å². The van der Waals surface area contributed by atoms with E-state index in [0.717, 1.165) is 12.8 Å². The molecule has 114 valence electrons. The number of aromatic nitrogens is 1. The number of carbonyl (C=O) groups is 2. The van der Waals surface area contributed by atoms with Gasteiger partial charge in [-0.1, -0.05) is 20.8 Å². The molecule has 2 aliphatic carbocycles. The van der Waals surface area contributed by atoms with E-state index in [1.807, 2.05) is 4.57 Å². The van der Waals surface area contributed by atoms with Crippen molar-refractivity contribution in [2.24, 2.45) is 16.7 Å². The zero-order valence-corrected chi connectivity index (χ0v) is 13.1. The van der Waals surface area contributed by atoms with Gasteiger partial charge in [-0.3, -0.25) is 4.79 Å². The van der Waals surface area contributed by atoms with Crippen LogP contribution in [0.2, 0.25) is 0 Å². The van der Waals surface area contributed by atoms with Crippen LogP contribution in [0.1, 0.15) is 73.8 Å². The molecule has 0 aromatic carbocycles. The third kappa shape index (κ3) is 1.88. The first-order valence-corrected chi connectivity index (χ1v) is 7.63. The predicted molar refractivity (Wildman–Crippen MR) is 79.7 cm³/mol. The molecule has 21 heavy (non-hydrogen) atoms. The molecule has 4 nitrogen and oxygen atoms in total. The second-order valence-corrected chi connectivity index (χ2v) is 7.70. The van der Waals surface area contributed by atoms with Crippen LogP contribution in [0.15, 0.2) is 12.3 Å². The van der Waals surface area contributed by atoms with Crippen molar-refractivity contribution in [3.8, 4) is 0 Å². The van der Waals surface area contributed by atoms with Crippen LogP contribution in [0.5, 0.6) is 0 Å². The summed E-state index contributed by atoms with van der Waals surface area (Å²) >= 11 is 0. The Hall–Kier alpha value is -1.58. The molecule has 1 N–H and O–H groups in total. The average molecular weight is 289 g/mol. The van der Waals surface area contributed by atoms with Crippen molar-refractivity contribution in [1.29, 1.82) is 0 Å². The Labute approximate surface area is 125 Å². The third-order valence-electron chi connectivity index (χ3n) is 5.95. The first-order valence-electron chi connectivity index (χ1n) is 7.63. The molecule has 0 radical (unpaired) electrons. The minimum Gasteiger partial charge on any atom is -0.477 e. The first-order chi connectivity index (χ1) is 9.67. The van der Waals surface area contributed by atoms with E-state index in [4.69, 9.17) is 0 Å².